The molecular formula is C16H19N3O. The van der Waals surface area contributed by atoms with Gasteiger partial charge in [0, 0.05) is 22.5 Å². The van der Waals surface area contributed by atoms with Gasteiger partial charge in [0.2, 0.25) is 0 Å². The van der Waals surface area contributed by atoms with Crippen molar-refractivity contribution in [3.05, 3.63) is 59.7 Å². The SMILES string of the molecule is CC(C)(N)c1ccc(C(=O)Nc2ccc(N)cc2)cc1. The minimum absolute atomic E-state index is 0.156. The molecule has 20 heavy (non-hydrogen) atoms. The molecule has 0 atom stereocenters. The highest BCUT2D eigenvalue weighted by Crippen LogP contribution is 2.18. The Labute approximate surface area is 118 Å². The van der Waals surface area contributed by atoms with Gasteiger partial charge in [-0.15, -0.1) is 0 Å². The summed E-state index contributed by atoms with van der Waals surface area (Å²) in [6.07, 6.45) is 0. The lowest BCUT2D eigenvalue weighted by molar-refractivity contribution is 0.102. The number of rotatable bonds is 3. The van der Waals surface area contributed by atoms with Crippen LogP contribution in [0.1, 0.15) is 29.8 Å². The van der Waals surface area contributed by atoms with Crippen molar-refractivity contribution in [2.75, 3.05) is 11.1 Å². The summed E-state index contributed by atoms with van der Waals surface area (Å²) in [5.74, 6) is -0.156. The maximum absolute atomic E-state index is 12.1. The summed E-state index contributed by atoms with van der Waals surface area (Å²) >= 11 is 0. The van der Waals surface area contributed by atoms with Crippen LogP contribution in [-0.4, -0.2) is 5.91 Å². The van der Waals surface area contributed by atoms with E-state index in [1.165, 1.54) is 0 Å². The molecule has 0 unspecified atom stereocenters. The highest BCUT2D eigenvalue weighted by molar-refractivity contribution is 6.04. The highest BCUT2D eigenvalue weighted by Gasteiger charge is 2.14. The fraction of sp³-hybridized carbons (Fsp3) is 0.188. The second kappa shape index (κ2) is 5.35. The van der Waals surface area contributed by atoms with Crippen LogP contribution in [0.5, 0.6) is 0 Å². The van der Waals surface area contributed by atoms with Gasteiger partial charge in [0.25, 0.3) is 5.91 Å². The zero-order valence-electron chi connectivity index (χ0n) is 11.7. The summed E-state index contributed by atoms with van der Waals surface area (Å²) in [7, 11) is 0. The summed E-state index contributed by atoms with van der Waals surface area (Å²) in [4.78, 5) is 12.1. The van der Waals surface area contributed by atoms with Gasteiger partial charge in [-0.3, -0.25) is 4.79 Å². The Morgan fingerprint density at radius 3 is 2.05 bits per heavy atom. The van der Waals surface area contributed by atoms with E-state index in [4.69, 9.17) is 11.5 Å². The normalized spacial score (nSPS) is 11.2. The largest absolute Gasteiger partial charge is 0.399 e. The molecule has 2 aromatic rings. The summed E-state index contributed by atoms with van der Waals surface area (Å²) in [5, 5.41) is 2.82. The molecule has 1 amide bonds. The Kier molecular flexibility index (Phi) is 3.77. The Bertz CT molecular complexity index is 595. The Hall–Kier alpha value is -2.33. The van der Waals surface area contributed by atoms with Gasteiger partial charge in [0.05, 0.1) is 0 Å². The van der Waals surface area contributed by atoms with Crippen LogP contribution in [0.25, 0.3) is 0 Å². The summed E-state index contributed by atoms with van der Waals surface area (Å²) in [6, 6.07) is 14.3. The number of carbonyl (C=O) groups excluding carboxylic acids is 1. The molecule has 0 aliphatic rings. The molecule has 0 bridgehead atoms. The third-order valence-corrected chi connectivity index (χ3v) is 3.06. The Balaban J connectivity index is 2.11. The fourth-order valence-corrected chi connectivity index (χ4v) is 1.82. The first kappa shape index (κ1) is 14.1. The zero-order valence-corrected chi connectivity index (χ0v) is 11.7. The van der Waals surface area contributed by atoms with Crippen LogP contribution in [0.15, 0.2) is 48.5 Å². The van der Waals surface area contributed by atoms with Crippen LogP contribution < -0.4 is 16.8 Å². The van der Waals surface area contributed by atoms with E-state index in [2.05, 4.69) is 5.32 Å². The van der Waals surface area contributed by atoms with Crippen molar-refractivity contribution in [3.8, 4) is 0 Å². The molecule has 0 fully saturated rings. The molecule has 0 saturated heterocycles. The smallest absolute Gasteiger partial charge is 0.255 e. The van der Waals surface area contributed by atoms with E-state index in [0.29, 0.717) is 16.9 Å². The van der Waals surface area contributed by atoms with Gasteiger partial charge in [0.15, 0.2) is 0 Å². The van der Waals surface area contributed by atoms with Crippen LogP contribution in [0.2, 0.25) is 0 Å². The van der Waals surface area contributed by atoms with Crippen LogP contribution in [-0.2, 0) is 5.54 Å². The maximum Gasteiger partial charge on any atom is 0.255 e. The lowest BCUT2D eigenvalue weighted by Gasteiger charge is -2.19. The van der Waals surface area contributed by atoms with E-state index >= 15 is 0 Å². The third kappa shape index (κ3) is 3.36. The molecule has 4 heteroatoms. The number of benzene rings is 2. The van der Waals surface area contributed by atoms with Crippen LogP contribution in [0.3, 0.4) is 0 Å². The lowest BCUT2D eigenvalue weighted by atomic mass is 9.95. The Morgan fingerprint density at radius 2 is 1.55 bits per heavy atom. The topological polar surface area (TPSA) is 81.1 Å². The van der Waals surface area contributed by atoms with E-state index < -0.39 is 5.54 Å². The molecule has 0 aliphatic heterocycles. The quantitative estimate of drug-likeness (QED) is 0.749. The first-order chi connectivity index (χ1) is 9.36. The predicted molar refractivity (Wildman–Crippen MR) is 82.5 cm³/mol. The molecule has 0 aliphatic carbocycles. The van der Waals surface area contributed by atoms with Crippen LogP contribution in [0.4, 0.5) is 11.4 Å². The maximum atomic E-state index is 12.1. The molecule has 2 rings (SSSR count). The van der Waals surface area contributed by atoms with Crippen molar-refractivity contribution in [1.82, 2.24) is 0 Å². The number of hydrogen-bond donors (Lipinski definition) is 3. The number of amides is 1. The first-order valence-electron chi connectivity index (χ1n) is 6.42. The number of carbonyl (C=O) groups is 1. The minimum Gasteiger partial charge on any atom is -0.399 e. The first-order valence-corrected chi connectivity index (χ1v) is 6.42. The van der Waals surface area contributed by atoms with E-state index in [9.17, 15) is 4.79 Å². The van der Waals surface area contributed by atoms with Crippen molar-refractivity contribution in [1.29, 1.82) is 0 Å². The molecule has 0 spiro atoms. The molecule has 4 nitrogen and oxygen atoms in total. The number of nitrogens with two attached hydrogens (primary N) is 2. The second-order valence-corrected chi connectivity index (χ2v) is 5.38. The molecule has 0 radical (unpaired) electrons. The van der Waals surface area contributed by atoms with Crippen molar-refractivity contribution >= 4 is 17.3 Å². The second-order valence-electron chi connectivity index (χ2n) is 5.38. The van der Waals surface area contributed by atoms with E-state index in [1.807, 2.05) is 26.0 Å². The molecule has 2 aromatic carbocycles. The monoisotopic (exact) mass is 269 g/mol. The van der Waals surface area contributed by atoms with Crippen LogP contribution in [0, 0.1) is 0 Å². The van der Waals surface area contributed by atoms with E-state index in [-0.39, 0.29) is 5.91 Å². The fourth-order valence-electron chi connectivity index (χ4n) is 1.82. The summed E-state index contributed by atoms with van der Waals surface area (Å²) in [6.45, 7) is 3.85. The van der Waals surface area contributed by atoms with Crippen LogP contribution >= 0.6 is 0 Å². The lowest BCUT2D eigenvalue weighted by Crippen LogP contribution is -2.28. The number of nitrogens with one attached hydrogen (secondary N) is 1. The van der Waals surface area contributed by atoms with Crippen molar-refractivity contribution < 1.29 is 4.79 Å². The molecule has 104 valence electrons. The molecule has 0 saturated carbocycles. The summed E-state index contributed by atoms with van der Waals surface area (Å²) < 4.78 is 0. The molecular weight excluding hydrogens is 250 g/mol. The van der Waals surface area contributed by atoms with Gasteiger partial charge in [-0.2, -0.15) is 0 Å². The zero-order chi connectivity index (χ0) is 14.8. The van der Waals surface area contributed by atoms with Gasteiger partial charge >= 0.3 is 0 Å². The molecule has 5 N–H and O–H groups in total. The standard InChI is InChI=1S/C16H19N3O/c1-16(2,18)12-5-3-11(4-6-12)15(20)19-14-9-7-13(17)8-10-14/h3-10H,17-18H2,1-2H3,(H,19,20). The number of nitrogen functional groups attached to an aromatic ring is 1. The predicted octanol–water partition coefficient (Wildman–Crippen LogP) is 2.71. The number of hydrogen-bond acceptors (Lipinski definition) is 3. The number of anilines is 2. The van der Waals surface area contributed by atoms with Gasteiger partial charge in [0.1, 0.15) is 0 Å². The molecule has 0 heterocycles. The van der Waals surface area contributed by atoms with Crippen molar-refractivity contribution in [3.63, 3.8) is 0 Å². The molecule has 0 aromatic heterocycles. The van der Waals surface area contributed by atoms with Gasteiger partial charge in [-0.05, 0) is 55.8 Å². The van der Waals surface area contributed by atoms with Gasteiger partial charge < -0.3 is 16.8 Å². The average molecular weight is 269 g/mol. The average Bonchev–Trinajstić information content (AvgIpc) is 2.40. The third-order valence-electron chi connectivity index (χ3n) is 3.06. The van der Waals surface area contributed by atoms with Crippen molar-refractivity contribution in [2.24, 2.45) is 5.73 Å². The van der Waals surface area contributed by atoms with Gasteiger partial charge in [-0.1, -0.05) is 12.1 Å². The van der Waals surface area contributed by atoms with E-state index in [0.717, 1.165) is 5.56 Å². The van der Waals surface area contributed by atoms with Crippen molar-refractivity contribution in [2.45, 2.75) is 19.4 Å². The van der Waals surface area contributed by atoms with E-state index in [1.54, 1.807) is 36.4 Å². The van der Waals surface area contributed by atoms with Gasteiger partial charge in [-0.25, -0.2) is 0 Å². The Morgan fingerprint density at radius 1 is 1.00 bits per heavy atom. The summed E-state index contributed by atoms with van der Waals surface area (Å²) in [5.41, 5.74) is 14.2. The minimum atomic E-state index is -0.411. The highest BCUT2D eigenvalue weighted by atomic mass is 16.1.